The van der Waals surface area contributed by atoms with E-state index in [1.807, 2.05) is 6.07 Å². The number of amides is 1. The fourth-order valence-corrected chi connectivity index (χ4v) is 5.91. The summed E-state index contributed by atoms with van der Waals surface area (Å²) in [6.07, 6.45) is 2.46. The molecular weight excluding hydrogens is 481 g/mol. The fraction of sp³-hybridized carbons (Fsp3) is 0.292. The number of hydrogen-bond acceptors (Lipinski definition) is 4. The molecule has 2 aliphatic rings. The van der Waals surface area contributed by atoms with Crippen molar-refractivity contribution in [1.82, 2.24) is 10.0 Å². The Balaban J connectivity index is 0.00000259. The van der Waals surface area contributed by atoms with E-state index in [0.29, 0.717) is 18.0 Å². The predicted molar refractivity (Wildman–Crippen MR) is 134 cm³/mol. The number of rotatable bonds is 4. The summed E-state index contributed by atoms with van der Waals surface area (Å²) in [6.45, 7) is 2.31. The smallest absolute Gasteiger partial charge is 0.245 e. The largest absolute Gasteiger partial charge is 0.313 e. The fourth-order valence-electron chi connectivity index (χ4n) is 4.48. The lowest BCUT2D eigenvalue weighted by Gasteiger charge is -2.19. The average molecular weight is 506 g/mol. The first-order valence-corrected chi connectivity index (χ1v) is 12.6. The molecule has 33 heavy (non-hydrogen) atoms. The van der Waals surface area contributed by atoms with Crippen molar-refractivity contribution in [1.29, 1.82) is 0 Å². The van der Waals surface area contributed by atoms with Crippen LogP contribution < -0.4 is 14.9 Å². The number of nitrogens with one attached hydrogen (secondary N) is 2. The number of sulfonamides is 1. The molecule has 2 heterocycles. The molecule has 3 aromatic carbocycles. The van der Waals surface area contributed by atoms with Crippen molar-refractivity contribution in [2.75, 3.05) is 18.0 Å². The highest BCUT2D eigenvalue weighted by molar-refractivity contribution is 7.89. The third kappa shape index (κ3) is 4.88. The lowest BCUT2D eigenvalue weighted by Crippen LogP contribution is -2.41. The van der Waals surface area contributed by atoms with Crippen LogP contribution in [-0.4, -0.2) is 33.5 Å². The van der Waals surface area contributed by atoms with E-state index in [1.54, 1.807) is 41.3 Å². The van der Waals surface area contributed by atoms with Crippen LogP contribution in [0.25, 0.3) is 10.8 Å². The Labute approximate surface area is 204 Å². The standard InChI is InChI=1S/C24H24ClN3O3S.ClH/c25-20-6-3-18-14-22(8-5-17(18)12-20)32(30,31)27-23-9-11-28(24(23)29)21-7-4-19-15-26-10-1-2-16(19)13-21;/h3-8,12-14,23,26-27H,1-2,9-11,15H2;1H/t23-;/m0./s1. The Morgan fingerprint density at radius 3 is 2.64 bits per heavy atom. The number of benzene rings is 3. The van der Waals surface area contributed by atoms with Crippen LogP contribution in [0.15, 0.2) is 59.5 Å². The van der Waals surface area contributed by atoms with Gasteiger partial charge in [0.05, 0.1) is 4.90 Å². The number of halogens is 2. The summed E-state index contributed by atoms with van der Waals surface area (Å²) < 4.78 is 28.6. The monoisotopic (exact) mass is 505 g/mol. The van der Waals surface area contributed by atoms with Gasteiger partial charge < -0.3 is 10.2 Å². The summed E-state index contributed by atoms with van der Waals surface area (Å²) in [5.74, 6) is -0.215. The van der Waals surface area contributed by atoms with Crippen LogP contribution in [-0.2, 0) is 27.8 Å². The summed E-state index contributed by atoms with van der Waals surface area (Å²) >= 11 is 6.01. The third-order valence-electron chi connectivity index (χ3n) is 6.20. The Hall–Kier alpha value is -2.16. The van der Waals surface area contributed by atoms with Crippen LogP contribution in [0, 0.1) is 0 Å². The molecule has 1 amide bonds. The zero-order chi connectivity index (χ0) is 22.3. The molecule has 0 radical (unpaired) electrons. The van der Waals surface area contributed by atoms with Crippen LogP contribution in [0.5, 0.6) is 0 Å². The van der Waals surface area contributed by atoms with Crippen molar-refractivity contribution in [3.63, 3.8) is 0 Å². The Morgan fingerprint density at radius 2 is 1.79 bits per heavy atom. The van der Waals surface area contributed by atoms with Crippen LogP contribution in [0.1, 0.15) is 24.0 Å². The molecule has 3 aromatic rings. The van der Waals surface area contributed by atoms with E-state index in [-0.39, 0.29) is 23.2 Å². The summed E-state index contributed by atoms with van der Waals surface area (Å²) in [4.78, 5) is 14.9. The van der Waals surface area contributed by atoms with Gasteiger partial charge in [0.1, 0.15) is 6.04 Å². The summed E-state index contributed by atoms with van der Waals surface area (Å²) in [6, 6.07) is 15.5. The molecule has 0 unspecified atom stereocenters. The predicted octanol–water partition coefficient (Wildman–Crippen LogP) is 4.03. The lowest BCUT2D eigenvalue weighted by atomic mass is 10.0. The first-order valence-electron chi connectivity index (χ1n) is 10.8. The molecule has 1 atom stereocenters. The topological polar surface area (TPSA) is 78.5 Å². The third-order valence-corrected chi connectivity index (χ3v) is 7.91. The summed E-state index contributed by atoms with van der Waals surface area (Å²) in [5.41, 5.74) is 3.34. The average Bonchev–Trinajstić information content (AvgIpc) is 2.98. The van der Waals surface area contributed by atoms with Gasteiger partial charge in [-0.05, 0) is 84.1 Å². The number of carbonyl (C=O) groups is 1. The van der Waals surface area contributed by atoms with Crippen molar-refractivity contribution in [2.24, 2.45) is 0 Å². The Morgan fingerprint density at radius 1 is 1.00 bits per heavy atom. The molecule has 0 bridgehead atoms. The van der Waals surface area contributed by atoms with E-state index < -0.39 is 16.1 Å². The summed E-state index contributed by atoms with van der Waals surface area (Å²) in [5, 5.41) is 5.63. The van der Waals surface area contributed by atoms with Crippen molar-refractivity contribution in [2.45, 2.75) is 36.7 Å². The maximum Gasteiger partial charge on any atom is 0.245 e. The maximum absolute atomic E-state index is 13.1. The van der Waals surface area contributed by atoms with Gasteiger partial charge >= 0.3 is 0 Å². The normalized spacial score (nSPS) is 18.6. The number of carbonyl (C=O) groups excluding carboxylic acids is 1. The number of nitrogens with zero attached hydrogens (tertiary/aromatic N) is 1. The summed E-state index contributed by atoms with van der Waals surface area (Å²) in [7, 11) is -3.84. The zero-order valence-corrected chi connectivity index (χ0v) is 20.3. The van der Waals surface area contributed by atoms with Gasteiger partial charge in [-0.15, -0.1) is 12.4 Å². The van der Waals surface area contributed by atoms with Gasteiger partial charge in [0, 0.05) is 23.8 Å². The minimum Gasteiger partial charge on any atom is -0.313 e. The maximum atomic E-state index is 13.1. The first-order chi connectivity index (χ1) is 15.4. The van der Waals surface area contributed by atoms with Gasteiger partial charge in [0.15, 0.2) is 0 Å². The van der Waals surface area contributed by atoms with E-state index in [1.165, 1.54) is 11.1 Å². The molecule has 174 valence electrons. The number of aryl methyl sites for hydroxylation is 1. The molecule has 0 aliphatic carbocycles. The minimum absolute atomic E-state index is 0. The van der Waals surface area contributed by atoms with Crippen molar-refractivity contribution < 1.29 is 13.2 Å². The van der Waals surface area contributed by atoms with Crippen molar-refractivity contribution in [3.05, 3.63) is 70.7 Å². The minimum atomic E-state index is -3.84. The molecule has 0 aromatic heterocycles. The highest BCUT2D eigenvalue weighted by Crippen LogP contribution is 2.28. The van der Waals surface area contributed by atoms with Gasteiger partial charge in [0.25, 0.3) is 0 Å². The van der Waals surface area contributed by atoms with E-state index in [4.69, 9.17) is 11.6 Å². The molecule has 9 heteroatoms. The van der Waals surface area contributed by atoms with Crippen LogP contribution in [0.2, 0.25) is 5.02 Å². The highest BCUT2D eigenvalue weighted by Gasteiger charge is 2.36. The molecule has 5 rings (SSSR count). The molecule has 1 fully saturated rings. The van der Waals surface area contributed by atoms with Gasteiger partial charge in [-0.25, -0.2) is 8.42 Å². The highest BCUT2D eigenvalue weighted by atomic mass is 35.5. The SMILES string of the molecule is Cl.O=C1[C@@H](NS(=O)(=O)c2ccc3cc(Cl)ccc3c2)CCN1c1ccc2c(c1)CCCNC2. The van der Waals surface area contributed by atoms with Crippen molar-refractivity contribution >= 4 is 56.4 Å². The van der Waals surface area contributed by atoms with Crippen LogP contribution in [0.4, 0.5) is 5.69 Å². The van der Waals surface area contributed by atoms with Crippen LogP contribution in [0.3, 0.4) is 0 Å². The Bertz CT molecular complexity index is 1310. The number of fused-ring (bicyclic) bond motifs is 2. The quantitative estimate of drug-likeness (QED) is 0.560. The van der Waals surface area contributed by atoms with Gasteiger partial charge in [-0.1, -0.05) is 29.8 Å². The Kier molecular flexibility index (Phi) is 6.98. The molecule has 2 N–H and O–H groups in total. The first kappa shape index (κ1) is 24.0. The molecule has 6 nitrogen and oxygen atoms in total. The molecule has 2 aliphatic heterocycles. The number of hydrogen-bond donors (Lipinski definition) is 2. The van der Waals surface area contributed by atoms with E-state index in [9.17, 15) is 13.2 Å². The van der Waals surface area contributed by atoms with Gasteiger partial charge in [-0.3, -0.25) is 4.79 Å². The molecule has 1 saturated heterocycles. The van der Waals surface area contributed by atoms with Crippen LogP contribution >= 0.6 is 24.0 Å². The van der Waals surface area contributed by atoms with Gasteiger partial charge in [-0.2, -0.15) is 4.72 Å². The van der Waals surface area contributed by atoms with E-state index in [0.717, 1.165) is 42.4 Å². The second-order valence-corrected chi connectivity index (χ2v) is 10.5. The second-order valence-electron chi connectivity index (χ2n) is 8.34. The lowest BCUT2D eigenvalue weighted by molar-refractivity contribution is -0.118. The molecule has 0 spiro atoms. The van der Waals surface area contributed by atoms with Gasteiger partial charge in [0.2, 0.25) is 15.9 Å². The molecular formula is C24H25Cl2N3O3S. The second kappa shape index (κ2) is 9.60. The zero-order valence-electron chi connectivity index (χ0n) is 17.9. The van der Waals surface area contributed by atoms with E-state index >= 15 is 0 Å². The molecule has 0 saturated carbocycles. The number of anilines is 1. The van der Waals surface area contributed by atoms with E-state index in [2.05, 4.69) is 22.2 Å². The van der Waals surface area contributed by atoms with Crippen molar-refractivity contribution in [3.8, 4) is 0 Å².